The fourth-order valence-corrected chi connectivity index (χ4v) is 3.68. The van der Waals surface area contributed by atoms with Crippen molar-refractivity contribution >= 4 is 22.8 Å². The zero-order valence-electron chi connectivity index (χ0n) is 10.5. The molecule has 1 atom stereocenters. The molecular formula is C15H10N4S. The fraction of sp³-hybridized carbons (Fsp3) is 0.133. The van der Waals surface area contributed by atoms with E-state index in [2.05, 4.69) is 26.7 Å². The number of hydrogen-bond donors (Lipinski definition) is 0. The molecular weight excluding hydrogens is 268 g/mol. The van der Waals surface area contributed by atoms with Gasteiger partial charge in [-0.1, -0.05) is 17.8 Å². The molecule has 0 N–H and O–H groups in total. The summed E-state index contributed by atoms with van der Waals surface area (Å²) in [6.07, 6.45) is 1.83. The summed E-state index contributed by atoms with van der Waals surface area (Å²) in [7, 11) is 0. The second-order valence-corrected chi connectivity index (χ2v) is 5.85. The van der Waals surface area contributed by atoms with E-state index < -0.39 is 0 Å². The minimum absolute atomic E-state index is 0.318. The molecule has 0 aliphatic carbocycles. The van der Waals surface area contributed by atoms with E-state index >= 15 is 0 Å². The van der Waals surface area contributed by atoms with Crippen LogP contribution in [0.25, 0.3) is 11.0 Å². The molecule has 4 nitrogen and oxygen atoms in total. The summed E-state index contributed by atoms with van der Waals surface area (Å²) in [6, 6.07) is 13.8. The van der Waals surface area contributed by atoms with Crippen LogP contribution in [0.5, 0.6) is 0 Å². The molecule has 1 aliphatic rings. The van der Waals surface area contributed by atoms with Gasteiger partial charge in [-0.25, -0.2) is 4.98 Å². The van der Waals surface area contributed by atoms with Crippen LogP contribution in [0.15, 0.2) is 47.8 Å². The Hall–Kier alpha value is -2.32. The number of pyridine rings is 1. The summed E-state index contributed by atoms with van der Waals surface area (Å²) in [5, 5.41) is 10.3. The number of benzene rings is 1. The van der Waals surface area contributed by atoms with Gasteiger partial charge in [0.15, 0.2) is 5.16 Å². The van der Waals surface area contributed by atoms with Crippen LogP contribution < -0.4 is 0 Å². The van der Waals surface area contributed by atoms with E-state index in [4.69, 9.17) is 5.26 Å². The highest BCUT2D eigenvalue weighted by Crippen LogP contribution is 2.43. The van der Waals surface area contributed by atoms with E-state index in [0.717, 1.165) is 28.4 Å². The molecule has 0 saturated carbocycles. The standard InChI is InChI=1S/C15H10N4S/c16-8-10-4-5-13-12(7-10)18-15-19(13)9-14(20-15)11-3-1-2-6-17-11/h1-7,14H,9H2. The predicted molar refractivity (Wildman–Crippen MR) is 77.3 cm³/mol. The SMILES string of the molecule is N#Cc1ccc2c(c1)nc1n2CC(c2ccccn2)S1. The molecule has 4 rings (SSSR count). The van der Waals surface area contributed by atoms with Gasteiger partial charge in [-0.2, -0.15) is 5.26 Å². The minimum Gasteiger partial charge on any atom is -0.317 e. The van der Waals surface area contributed by atoms with Crippen molar-refractivity contribution < 1.29 is 0 Å². The maximum Gasteiger partial charge on any atom is 0.169 e. The number of nitrogens with zero attached hydrogens (tertiary/aromatic N) is 4. The van der Waals surface area contributed by atoms with Crippen molar-refractivity contribution in [2.24, 2.45) is 0 Å². The van der Waals surface area contributed by atoms with Crippen LogP contribution in [0.3, 0.4) is 0 Å². The lowest BCUT2D eigenvalue weighted by atomic mass is 10.2. The van der Waals surface area contributed by atoms with Crippen molar-refractivity contribution in [2.75, 3.05) is 0 Å². The number of thioether (sulfide) groups is 1. The lowest BCUT2D eigenvalue weighted by Crippen LogP contribution is -2.00. The Morgan fingerprint density at radius 2 is 2.25 bits per heavy atom. The highest BCUT2D eigenvalue weighted by molar-refractivity contribution is 7.99. The van der Waals surface area contributed by atoms with Crippen LogP contribution in [0.1, 0.15) is 16.5 Å². The summed E-state index contributed by atoms with van der Waals surface area (Å²) < 4.78 is 2.21. The molecule has 1 aliphatic heterocycles. The summed E-state index contributed by atoms with van der Waals surface area (Å²) in [5.41, 5.74) is 3.72. The molecule has 2 aromatic heterocycles. The molecule has 0 saturated heterocycles. The maximum absolute atomic E-state index is 8.94. The number of aromatic nitrogens is 3. The number of nitriles is 1. The molecule has 3 aromatic rings. The normalized spacial score (nSPS) is 17.1. The largest absolute Gasteiger partial charge is 0.317 e. The molecule has 5 heteroatoms. The first-order valence-electron chi connectivity index (χ1n) is 6.33. The van der Waals surface area contributed by atoms with E-state index in [1.54, 1.807) is 11.8 Å². The first-order chi connectivity index (χ1) is 9.85. The quantitative estimate of drug-likeness (QED) is 0.686. The summed E-state index contributed by atoms with van der Waals surface area (Å²) in [5.74, 6) is 0. The average molecular weight is 278 g/mol. The van der Waals surface area contributed by atoms with Crippen molar-refractivity contribution in [1.29, 1.82) is 5.26 Å². The van der Waals surface area contributed by atoms with E-state index in [1.165, 1.54) is 0 Å². The van der Waals surface area contributed by atoms with E-state index in [1.807, 2.05) is 36.5 Å². The number of rotatable bonds is 1. The summed E-state index contributed by atoms with van der Waals surface area (Å²) in [6.45, 7) is 0.874. The third-order valence-corrected chi connectivity index (χ3v) is 4.65. The number of imidazole rings is 1. The highest BCUT2D eigenvalue weighted by atomic mass is 32.2. The van der Waals surface area contributed by atoms with Crippen LogP contribution in [-0.2, 0) is 6.54 Å². The topological polar surface area (TPSA) is 54.5 Å². The van der Waals surface area contributed by atoms with Gasteiger partial charge in [-0.05, 0) is 30.3 Å². The zero-order chi connectivity index (χ0) is 13.5. The van der Waals surface area contributed by atoms with Gasteiger partial charge in [0.1, 0.15) is 0 Å². The van der Waals surface area contributed by atoms with Crippen molar-refractivity contribution in [3.8, 4) is 6.07 Å². The minimum atomic E-state index is 0.318. The molecule has 96 valence electrons. The van der Waals surface area contributed by atoms with Gasteiger partial charge in [0.05, 0.1) is 33.6 Å². The van der Waals surface area contributed by atoms with Gasteiger partial charge in [-0.3, -0.25) is 4.98 Å². The van der Waals surface area contributed by atoms with Gasteiger partial charge in [0.25, 0.3) is 0 Å². The van der Waals surface area contributed by atoms with Gasteiger partial charge >= 0.3 is 0 Å². The Bertz CT molecular complexity index is 832. The van der Waals surface area contributed by atoms with Crippen LogP contribution in [0.4, 0.5) is 0 Å². The van der Waals surface area contributed by atoms with Crippen LogP contribution in [0, 0.1) is 11.3 Å². The molecule has 0 bridgehead atoms. The first-order valence-corrected chi connectivity index (χ1v) is 7.21. The van der Waals surface area contributed by atoms with Gasteiger partial charge in [0, 0.05) is 12.7 Å². The molecule has 20 heavy (non-hydrogen) atoms. The van der Waals surface area contributed by atoms with Crippen LogP contribution in [0.2, 0.25) is 0 Å². The van der Waals surface area contributed by atoms with Crippen LogP contribution in [-0.4, -0.2) is 14.5 Å². The number of fused-ring (bicyclic) bond motifs is 3. The van der Waals surface area contributed by atoms with Crippen molar-refractivity contribution in [3.05, 3.63) is 53.9 Å². The Labute approximate surface area is 120 Å². The van der Waals surface area contributed by atoms with Gasteiger partial charge in [-0.15, -0.1) is 0 Å². The Balaban J connectivity index is 1.75. The molecule has 3 heterocycles. The summed E-state index contributed by atoms with van der Waals surface area (Å²) >= 11 is 1.73. The van der Waals surface area contributed by atoms with E-state index in [9.17, 15) is 0 Å². The molecule has 1 unspecified atom stereocenters. The van der Waals surface area contributed by atoms with Crippen molar-refractivity contribution in [1.82, 2.24) is 14.5 Å². The zero-order valence-corrected chi connectivity index (χ0v) is 11.3. The van der Waals surface area contributed by atoms with E-state index in [-0.39, 0.29) is 0 Å². The lowest BCUT2D eigenvalue weighted by Gasteiger charge is -2.07. The van der Waals surface area contributed by atoms with Gasteiger partial charge in [0.2, 0.25) is 0 Å². The molecule has 0 radical (unpaired) electrons. The molecule has 1 aromatic carbocycles. The average Bonchev–Trinajstić information content (AvgIpc) is 3.05. The summed E-state index contributed by atoms with van der Waals surface area (Å²) in [4.78, 5) is 9.05. The Morgan fingerprint density at radius 3 is 3.05 bits per heavy atom. The van der Waals surface area contributed by atoms with Crippen LogP contribution >= 0.6 is 11.8 Å². The van der Waals surface area contributed by atoms with Crippen molar-refractivity contribution in [2.45, 2.75) is 17.0 Å². The molecule has 0 spiro atoms. The fourth-order valence-electron chi connectivity index (χ4n) is 2.49. The Morgan fingerprint density at radius 1 is 1.30 bits per heavy atom. The van der Waals surface area contributed by atoms with Crippen molar-refractivity contribution in [3.63, 3.8) is 0 Å². The smallest absolute Gasteiger partial charge is 0.169 e. The third kappa shape index (κ3) is 1.69. The third-order valence-electron chi connectivity index (χ3n) is 3.46. The maximum atomic E-state index is 8.94. The Kier molecular flexibility index (Phi) is 2.51. The predicted octanol–water partition coefficient (Wildman–Crippen LogP) is 3.15. The van der Waals surface area contributed by atoms with Gasteiger partial charge < -0.3 is 4.57 Å². The molecule has 0 amide bonds. The first kappa shape index (κ1) is 11.5. The monoisotopic (exact) mass is 278 g/mol. The number of hydrogen-bond acceptors (Lipinski definition) is 4. The second-order valence-electron chi connectivity index (χ2n) is 4.68. The van der Waals surface area contributed by atoms with E-state index in [0.29, 0.717) is 10.8 Å². The second kappa shape index (κ2) is 4.36. The lowest BCUT2D eigenvalue weighted by molar-refractivity contribution is 0.674. The molecule has 0 fully saturated rings. The highest BCUT2D eigenvalue weighted by Gasteiger charge is 2.27.